The highest BCUT2D eigenvalue weighted by molar-refractivity contribution is 4.64. The summed E-state index contributed by atoms with van der Waals surface area (Å²) >= 11 is 0. The lowest BCUT2D eigenvalue weighted by Crippen LogP contribution is -2.26. The second-order valence-corrected chi connectivity index (χ2v) is 2.93. The van der Waals surface area contributed by atoms with E-state index in [0.29, 0.717) is 19.4 Å². The van der Waals surface area contributed by atoms with Crippen molar-refractivity contribution in [1.82, 2.24) is 0 Å². The fourth-order valence-corrected chi connectivity index (χ4v) is 0.874. The van der Waals surface area contributed by atoms with Gasteiger partial charge in [0.25, 0.3) is 0 Å². The van der Waals surface area contributed by atoms with Gasteiger partial charge in [0.2, 0.25) is 0 Å². The number of ether oxygens (including phenoxy) is 1. The van der Waals surface area contributed by atoms with E-state index in [1.807, 2.05) is 0 Å². The Hall–Kier alpha value is -0.250. The Balaban J connectivity index is 3.61. The Bertz CT molecular complexity index is 123. The first-order valence-electron chi connectivity index (χ1n) is 4.46. The summed E-state index contributed by atoms with van der Waals surface area (Å²) in [5.74, 6) is -1.32. The lowest BCUT2D eigenvalue weighted by molar-refractivity contribution is -0.189. The van der Waals surface area contributed by atoms with Crippen molar-refractivity contribution >= 4 is 0 Å². The Morgan fingerprint density at radius 1 is 1.38 bits per heavy atom. The number of alkyl halides is 3. The maximum absolute atomic E-state index is 12.1. The second-order valence-electron chi connectivity index (χ2n) is 2.93. The Labute approximate surface area is 77.3 Å². The van der Waals surface area contributed by atoms with E-state index < -0.39 is 12.1 Å². The summed E-state index contributed by atoms with van der Waals surface area (Å²) in [4.78, 5) is 0. The highest BCUT2D eigenvalue weighted by Gasteiger charge is 2.38. The molecule has 0 aromatic rings. The third-order valence-electron chi connectivity index (χ3n) is 1.81. The van der Waals surface area contributed by atoms with Gasteiger partial charge < -0.3 is 4.74 Å². The SMILES string of the molecule is [CH2]CCCOCC(CC)C(F)(F)F. The van der Waals surface area contributed by atoms with E-state index in [9.17, 15) is 13.2 Å². The topological polar surface area (TPSA) is 9.23 Å². The largest absolute Gasteiger partial charge is 0.394 e. The van der Waals surface area contributed by atoms with Crippen LogP contribution in [0.1, 0.15) is 26.2 Å². The molecule has 1 nitrogen and oxygen atoms in total. The summed E-state index contributed by atoms with van der Waals surface area (Å²) in [6.45, 7) is 5.23. The van der Waals surface area contributed by atoms with Crippen molar-refractivity contribution in [3.8, 4) is 0 Å². The van der Waals surface area contributed by atoms with Crippen molar-refractivity contribution < 1.29 is 17.9 Å². The van der Waals surface area contributed by atoms with Crippen LogP contribution in [-0.4, -0.2) is 19.4 Å². The van der Waals surface area contributed by atoms with E-state index in [2.05, 4.69) is 6.92 Å². The van der Waals surface area contributed by atoms with Crippen LogP contribution >= 0.6 is 0 Å². The Morgan fingerprint density at radius 2 is 2.00 bits per heavy atom. The lowest BCUT2D eigenvalue weighted by atomic mass is 10.1. The van der Waals surface area contributed by atoms with Gasteiger partial charge in [-0.15, -0.1) is 0 Å². The van der Waals surface area contributed by atoms with E-state index >= 15 is 0 Å². The summed E-state index contributed by atoms with van der Waals surface area (Å²) in [5, 5.41) is 0. The second kappa shape index (κ2) is 6.24. The predicted octanol–water partition coefficient (Wildman–Crippen LogP) is 3.21. The molecule has 4 heteroatoms. The zero-order chi connectivity index (χ0) is 10.3. The van der Waals surface area contributed by atoms with Crippen molar-refractivity contribution in [2.75, 3.05) is 13.2 Å². The predicted molar refractivity (Wildman–Crippen MR) is 45.2 cm³/mol. The first kappa shape index (κ1) is 12.8. The quantitative estimate of drug-likeness (QED) is 0.594. The van der Waals surface area contributed by atoms with Crippen molar-refractivity contribution in [2.45, 2.75) is 32.4 Å². The highest BCUT2D eigenvalue weighted by atomic mass is 19.4. The minimum Gasteiger partial charge on any atom is -0.381 e. The van der Waals surface area contributed by atoms with Gasteiger partial charge >= 0.3 is 6.18 Å². The van der Waals surface area contributed by atoms with Crippen LogP contribution in [0.4, 0.5) is 13.2 Å². The monoisotopic (exact) mass is 197 g/mol. The molecule has 1 atom stereocenters. The molecular formula is C9H16F3O. The first-order chi connectivity index (χ1) is 6.02. The number of hydrogen-bond donors (Lipinski definition) is 0. The minimum atomic E-state index is -4.13. The van der Waals surface area contributed by atoms with Crippen LogP contribution in [0, 0.1) is 12.8 Å². The van der Waals surface area contributed by atoms with Crippen LogP contribution in [-0.2, 0) is 4.74 Å². The summed E-state index contributed by atoms with van der Waals surface area (Å²) in [7, 11) is 0. The molecule has 0 saturated carbocycles. The Morgan fingerprint density at radius 3 is 2.38 bits per heavy atom. The van der Waals surface area contributed by atoms with Crippen LogP contribution in [0.15, 0.2) is 0 Å². The average molecular weight is 197 g/mol. The molecular weight excluding hydrogens is 181 g/mol. The highest BCUT2D eigenvalue weighted by Crippen LogP contribution is 2.28. The summed E-state index contributed by atoms with van der Waals surface area (Å²) in [5.41, 5.74) is 0. The first-order valence-corrected chi connectivity index (χ1v) is 4.46. The van der Waals surface area contributed by atoms with Crippen LogP contribution in [0.2, 0.25) is 0 Å². The van der Waals surface area contributed by atoms with Crippen molar-refractivity contribution in [2.24, 2.45) is 5.92 Å². The van der Waals surface area contributed by atoms with Crippen LogP contribution in [0.3, 0.4) is 0 Å². The normalized spacial score (nSPS) is 14.5. The molecule has 0 heterocycles. The van der Waals surface area contributed by atoms with Gasteiger partial charge in [0, 0.05) is 6.61 Å². The van der Waals surface area contributed by atoms with Crippen LogP contribution < -0.4 is 0 Å². The molecule has 0 aromatic heterocycles. The van der Waals surface area contributed by atoms with E-state index in [4.69, 9.17) is 4.74 Å². The molecule has 0 aliphatic heterocycles. The van der Waals surface area contributed by atoms with Gasteiger partial charge in [-0.05, 0) is 12.8 Å². The number of rotatable bonds is 6. The minimum absolute atomic E-state index is 0.0773. The summed E-state index contributed by atoms with van der Waals surface area (Å²) in [6.07, 6.45) is -2.63. The summed E-state index contributed by atoms with van der Waals surface area (Å²) < 4.78 is 41.3. The zero-order valence-electron chi connectivity index (χ0n) is 7.86. The fourth-order valence-electron chi connectivity index (χ4n) is 0.874. The van der Waals surface area contributed by atoms with Gasteiger partial charge in [-0.3, -0.25) is 0 Å². The van der Waals surface area contributed by atoms with Crippen molar-refractivity contribution in [1.29, 1.82) is 0 Å². The van der Waals surface area contributed by atoms with Gasteiger partial charge in [0.1, 0.15) is 0 Å². The van der Waals surface area contributed by atoms with Gasteiger partial charge in [0.05, 0.1) is 12.5 Å². The molecule has 0 aliphatic carbocycles. The number of hydrogen-bond acceptors (Lipinski definition) is 1. The molecule has 13 heavy (non-hydrogen) atoms. The lowest BCUT2D eigenvalue weighted by Gasteiger charge is -2.18. The summed E-state index contributed by atoms with van der Waals surface area (Å²) in [6, 6.07) is 0. The van der Waals surface area contributed by atoms with Crippen LogP contribution in [0.25, 0.3) is 0 Å². The molecule has 0 saturated heterocycles. The van der Waals surface area contributed by atoms with Gasteiger partial charge in [-0.1, -0.05) is 20.3 Å². The van der Waals surface area contributed by atoms with Crippen molar-refractivity contribution in [3.63, 3.8) is 0 Å². The molecule has 0 aromatic carbocycles. The van der Waals surface area contributed by atoms with E-state index in [0.717, 1.165) is 0 Å². The van der Waals surface area contributed by atoms with Gasteiger partial charge in [-0.2, -0.15) is 13.2 Å². The van der Waals surface area contributed by atoms with Crippen molar-refractivity contribution in [3.05, 3.63) is 6.92 Å². The van der Waals surface area contributed by atoms with E-state index in [1.54, 1.807) is 0 Å². The zero-order valence-corrected chi connectivity index (χ0v) is 7.86. The Kier molecular flexibility index (Phi) is 6.12. The fraction of sp³-hybridized carbons (Fsp3) is 0.889. The molecule has 79 valence electrons. The molecule has 0 fully saturated rings. The average Bonchev–Trinajstić information content (AvgIpc) is 2.02. The molecule has 1 unspecified atom stereocenters. The number of unbranched alkanes of at least 4 members (excludes halogenated alkanes) is 1. The van der Waals surface area contributed by atoms with E-state index in [1.165, 1.54) is 6.92 Å². The van der Waals surface area contributed by atoms with E-state index in [-0.39, 0.29) is 13.0 Å². The molecule has 0 bridgehead atoms. The molecule has 0 rings (SSSR count). The maximum Gasteiger partial charge on any atom is 0.394 e. The number of halogens is 3. The molecule has 0 spiro atoms. The standard InChI is InChI=1S/C9H16F3O/c1-3-5-6-13-7-8(4-2)9(10,11)12/h8H,1,3-7H2,2H3. The van der Waals surface area contributed by atoms with Gasteiger partial charge in [-0.25, -0.2) is 0 Å². The van der Waals surface area contributed by atoms with Crippen LogP contribution in [0.5, 0.6) is 0 Å². The molecule has 1 radical (unpaired) electrons. The third-order valence-corrected chi connectivity index (χ3v) is 1.81. The van der Waals surface area contributed by atoms with Gasteiger partial charge in [0.15, 0.2) is 0 Å². The smallest absolute Gasteiger partial charge is 0.381 e. The molecule has 0 amide bonds. The molecule has 0 aliphatic rings. The maximum atomic E-state index is 12.1. The third kappa shape index (κ3) is 5.91. The molecule has 0 N–H and O–H groups in total.